The maximum Gasteiger partial charge on any atom is 0.331 e. The molecule has 1 heterocycles. The van der Waals surface area contributed by atoms with Crippen LogP contribution >= 0.6 is 0 Å². The molecule has 0 spiro atoms. The molecule has 0 amide bonds. The topological polar surface area (TPSA) is 79.2 Å². The molecule has 2 rings (SSSR count). The largest absolute Gasteiger partial charge is 0.496 e. The number of aromatic nitrogens is 2. The van der Waals surface area contributed by atoms with Crippen LogP contribution in [0.25, 0.3) is 0 Å². The molecule has 0 aliphatic heterocycles. The van der Waals surface area contributed by atoms with Gasteiger partial charge in [-0.15, -0.1) is 0 Å². The van der Waals surface area contributed by atoms with E-state index in [0.29, 0.717) is 12.3 Å². The van der Waals surface area contributed by atoms with Gasteiger partial charge in [-0.25, -0.2) is 4.79 Å². The van der Waals surface area contributed by atoms with E-state index in [1.165, 1.54) is 10.8 Å². The number of hydrogen-bond donors (Lipinski definition) is 1. The Morgan fingerprint density at radius 2 is 1.95 bits per heavy atom. The van der Waals surface area contributed by atoms with Gasteiger partial charge in [-0.05, 0) is 12.5 Å². The third-order valence-corrected chi connectivity index (χ3v) is 3.25. The lowest BCUT2D eigenvalue weighted by Gasteiger charge is -2.12. The maximum atomic E-state index is 12.4. The lowest BCUT2D eigenvalue weighted by atomic mass is 10.2. The molecule has 2 N–H and O–H groups in total. The number of nitrogens with two attached hydrogens (primary N) is 1. The summed E-state index contributed by atoms with van der Waals surface area (Å²) in [6.07, 6.45) is 2.19. The highest BCUT2D eigenvalue weighted by Gasteiger charge is 2.11. The first-order valence-corrected chi connectivity index (χ1v) is 6.80. The number of rotatable bonds is 5. The van der Waals surface area contributed by atoms with E-state index in [4.69, 9.17) is 10.5 Å². The fourth-order valence-corrected chi connectivity index (χ4v) is 2.22. The number of hydrogen-bond acceptors (Lipinski definition) is 4. The van der Waals surface area contributed by atoms with Gasteiger partial charge in [0.05, 0.1) is 13.7 Å². The quantitative estimate of drug-likeness (QED) is 0.892. The Bertz CT molecular complexity index is 747. The lowest BCUT2D eigenvalue weighted by Crippen LogP contribution is -2.41. The van der Waals surface area contributed by atoms with E-state index in [-0.39, 0.29) is 17.9 Å². The standard InChI is InChI=1S/C15H19N3O3/c1-3-8-17-10-12(16)14(19)18(15(17)20)9-11-6-4-5-7-13(11)21-2/h4-7,10H,3,8-9,16H2,1-2H3. The lowest BCUT2D eigenvalue weighted by molar-refractivity contribution is 0.407. The predicted octanol–water partition coefficient (Wildman–Crippen LogP) is 1.06. The molecule has 0 atom stereocenters. The van der Waals surface area contributed by atoms with E-state index < -0.39 is 5.56 Å². The number of methoxy groups -OCH3 is 1. The Kier molecular flexibility index (Phi) is 4.47. The molecule has 2 aromatic rings. The normalized spacial score (nSPS) is 10.6. The minimum absolute atomic E-state index is 0.0675. The second kappa shape index (κ2) is 6.30. The molecule has 0 aliphatic carbocycles. The molecule has 0 unspecified atom stereocenters. The van der Waals surface area contributed by atoms with Crippen LogP contribution in [0.4, 0.5) is 5.69 Å². The van der Waals surface area contributed by atoms with Gasteiger partial charge in [-0.3, -0.25) is 13.9 Å². The van der Waals surface area contributed by atoms with Crippen molar-refractivity contribution in [3.05, 3.63) is 56.9 Å². The molecule has 0 aliphatic rings. The van der Waals surface area contributed by atoms with Crippen molar-refractivity contribution < 1.29 is 4.74 Å². The molecule has 1 aromatic heterocycles. The molecule has 21 heavy (non-hydrogen) atoms. The predicted molar refractivity (Wildman–Crippen MR) is 81.8 cm³/mol. The zero-order valence-corrected chi connectivity index (χ0v) is 12.2. The first-order valence-electron chi connectivity index (χ1n) is 6.80. The average Bonchev–Trinajstić information content (AvgIpc) is 2.49. The molecular weight excluding hydrogens is 270 g/mol. The molecule has 6 heteroatoms. The Balaban J connectivity index is 2.54. The van der Waals surface area contributed by atoms with Crippen LogP contribution in [0.5, 0.6) is 5.75 Å². The molecule has 6 nitrogen and oxygen atoms in total. The first kappa shape index (κ1) is 14.9. The van der Waals surface area contributed by atoms with Crippen LogP contribution in [0.2, 0.25) is 0 Å². The molecule has 1 aromatic carbocycles. The Morgan fingerprint density at radius 1 is 1.24 bits per heavy atom. The third-order valence-electron chi connectivity index (χ3n) is 3.25. The van der Waals surface area contributed by atoms with Gasteiger partial charge in [-0.2, -0.15) is 0 Å². The van der Waals surface area contributed by atoms with Crippen LogP contribution in [-0.2, 0) is 13.1 Å². The van der Waals surface area contributed by atoms with Crippen LogP contribution in [0.3, 0.4) is 0 Å². The second-order valence-electron chi connectivity index (χ2n) is 4.76. The van der Waals surface area contributed by atoms with Gasteiger partial charge in [0.1, 0.15) is 11.4 Å². The molecular formula is C15H19N3O3. The highest BCUT2D eigenvalue weighted by atomic mass is 16.5. The molecule has 0 fully saturated rings. The van der Waals surface area contributed by atoms with Gasteiger partial charge in [0.25, 0.3) is 5.56 Å². The SMILES string of the molecule is CCCn1cc(N)c(=O)n(Cc2ccccc2OC)c1=O. The summed E-state index contributed by atoms with van der Waals surface area (Å²) in [7, 11) is 1.55. The van der Waals surface area contributed by atoms with E-state index >= 15 is 0 Å². The Morgan fingerprint density at radius 3 is 2.62 bits per heavy atom. The molecule has 0 radical (unpaired) electrons. The van der Waals surface area contributed by atoms with E-state index in [9.17, 15) is 9.59 Å². The number of anilines is 1. The number of ether oxygens (including phenoxy) is 1. The van der Waals surface area contributed by atoms with Crippen molar-refractivity contribution in [1.29, 1.82) is 0 Å². The number of benzene rings is 1. The van der Waals surface area contributed by atoms with Crippen LogP contribution in [-0.4, -0.2) is 16.2 Å². The zero-order chi connectivity index (χ0) is 15.4. The van der Waals surface area contributed by atoms with Gasteiger partial charge in [0.2, 0.25) is 0 Å². The number of nitrogens with zero attached hydrogens (tertiary/aromatic N) is 2. The van der Waals surface area contributed by atoms with Crippen molar-refractivity contribution in [1.82, 2.24) is 9.13 Å². The Labute approximate surface area is 122 Å². The molecule has 0 saturated carbocycles. The van der Waals surface area contributed by atoms with Crippen LogP contribution in [0.15, 0.2) is 40.1 Å². The summed E-state index contributed by atoms with van der Waals surface area (Å²) >= 11 is 0. The van der Waals surface area contributed by atoms with Crippen LogP contribution in [0.1, 0.15) is 18.9 Å². The first-order chi connectivity index (χ1) is 10.1. The number of aryl methyl sites for hydroxylation is 1. The van der Waals surface area contributed by atoms with Crippen molar-refractivity contribution in [2.75, 3.05) is 12.8 Å². The minimum atomic E-state index is -0.474. The smallest absolute Gasteiger partial charge is 0.331 e. The highest BCUT2D eigenvalue weighted by Crippen LogP contribution is 2.17. The van der Waals surface area contributed by atoms with Crippen molar-refractivity contribution in [2.45, 2.75) is 26.4 Å². The third kappa shape index (κ3) is 2.99. The summed E-state index contributed by atoms with van der Waals surface area (Å²) in [4.78, 5) is 24.5. The fourth-order valence-electron chi connectivity index (χ4n) is 2.22. The summed E-state index contributed by atoms with van der Waals surface area (Å²) in [6, 6.07) is 7.27. The van der Waals surface area contributed by atoms with Crippen molar-refractivity contribution in [3.63, 3.8) is 0 Å². The van der Waals surface area contributed by atoms with Crippen LogP contribution in [0, 0.1) is 0 Å². The van der Waals surface area contributed by atoms with Crippen molar-refractivity contribution in [3.8, 4) is 5.75 Å². The van der Waals surface area contributed by atoms with E-state index in [1.54, 1.807) is 13.2 Å². The monoisotopic (exact) mass is 289 g/mol. The second-order valence-corrected chi connectivity index (χ2v) is 4.76. The summed E-state index contributed by atoms with van der Waals surface area (Å²) in [6.45, 7) is 2.62. The maximum absolute atomic E-state index is 12.4. The highest BCUT2D eigenvalue weighted by molar-refractivity contribution is 5.35. The van der Waals surface area contributed by atoms with Gasteiger partial charge < -0.3 is 10.5 Å². The fraction of sp³-hybridized carbons (Fsp3) is 0.333. The summed E-state index contributed by atoms with van der Waals surface area (Å²) in [5, 5.41) is 0. The van der Waals surface area contributed by atoms with Gasteiger partial charge in [0.15, 0.2) is 0 Å². The van der Waals surface area contributed by atoms with Gasteiger partial charge in [0, 0.05) is 18.3 Å². The number of nitrogen functional groups attached to an aromatic ring is 1. The van der Waals surface area contributed by atoms with Gasteiger partial charge in [-0.1, -0.05) is 25.1 Å². The van der Waals surface area contributed by atoms with Crippen molar-refractivity contribution >= 4 is 5.69 Å². The van der Waals surface area contributed by atoms with E-state index in [1.807, 2.05) is 25.1 Å². The Hall–Kier alpha value is -2.50. The summed E-state index contributed by atoms with van der Waals surface area (Å²) in [5.74, 6) is 0.633. The van der Waals surface area contributed by atoms with E-state index in [0.717, 1.165) is 16.6 Å². The summed E-state index contributed by atoms with van der Waals surface area (Å²) in [5.41, 5.74) is 5.71. The molecule has 0 bridgehead atoms. The molecule has 112 valence electrons. The average molecular weight is 289 g/mol. The summed E-state index contributed by atoms with van der Waals surface area (Å²) < 4.78 is 7.86. The molecule has 0 saturated heterocycles. The number of para-hydroxylation sites is 1. The van der Waals surface area contributed by atoms with Gasteiger partial charge >= 0.3 is 5.69 Å². The minimum Gasteiger partial charge on any atom is -0.496 e. The van der Waals surface area contributed by atoms with E-state index in [2.05, 4.69) is 0 Å². The van der Waals surface area contributed by atoms with Crippen LogP contribution < -0.4 is 21.7 Å². The zero-order valence-electron chi connectivity index (χ0n) is 12.2. The van der Waals surface area contributed by atoms with Crippen molar-refractivity contribution in [2.24, 2.45) is 0 Å².